The lowest BCUT2D eigenvalue weighted by molar-refractivity contribution is 0.0474. The number of ketones is 1. The molecule has 11 heteroatoms. The number of tetrazole rings is 1. The number of esters is 1. The van der Waals surface area contributed by atoms with Crippen LogP contribution in [-0.2, 0) is 14.8 Å². The highest BCUT2D eigenvalue weighted by Gasteiger charge is 2.27. The van der Waals surface area contributed by atoms with Gasteiger partial charge in [-0.2, -0.15) is 8.99 Å². The van der Waals surface area contributed by atoms with Gasteiger partial charge in [-0.25, -0.2) is 13.2 Å². The summed E-state index contributed by atoms with van der Waals surface area (Å²) in [6.07, 6.45) is 3.03. The fourth-order valence-corrected chi connectivity index (χ4v) is 4.82. The van der Waals surface area contributed by atoms with E-state index in [-0.39, 0.29) is 16.0 Å². The first-order valence-electron chi connectivity index (χ1n) is 9.60. The van der Waals surface area contributed by atoms with E-state index in [2.05, 4.69) is 15.5 Å². The van der Waals surface area contributed by atoms with Crippen LogP contribution in [0.3, 0.4) is 0 Å². The van der Waals surface area contributed by atoms with Gasteiger partial charge >= 0.3 is 5.97 Å². The summed E-state index contributed by atoms with van der Waals surface area (Å²) in [7, 11) is -3.55. The van der Waals surface area contributed by atoms with Crippen LogP contribution >= 0.6 is 0 Å². The molecule has 0 aliphatic carbocycles. The van der Waals surface area contributed by atoms with Crippen LogP contribution in [0, 0.1) is 0 Å². The molecule has 2 aromatic carbocycles. The van der Waals surface area contributed by atoms with Gasteiger partial charge in [0.1, 0.15) is 6.33 Å². The number of aromatic nitrogens is 4. The van der Waals surface area contributed by atoms with E-state index < -0.39 is 28.4 Å². The molecule has 1 aliphatic heterocycles. The molecule has 4 rings (SSSR count). The van der Waals surface area contributed by atoms with Gasteiger partial charge in [0.25, 0.3) is 0 Å². The van der Waals surface area contributed by atoms with Gasteiger partial charge in [0, 0.05) is 18.7 Å². The lowest BCUT2D eigenvalue weighted by atomic mass is 10.1. The number of nitrogens with zero attached hydrogens (tertiary/aromatic N) is 5. The summed E-state index contributed by atoms with van der Waals surface area (Å²) >= 11 is 0. The van der Waals surface area contributed by atoms with Gasteiger partial charge in [-0.3, -0.25) is 4.79 Å². The van der Waals surface area contributed by atoms with E-state index in [4.69, 9.17) is 4.74 Å². The SMILES string of the molecule is O=C(COC(=O)c1ccccc1-n1cnnn1)c1ccc(S(=O)(=O)N2CCCC2)cc1. The molecule has 1 aliphatic rings. The minimum Gasteiger partial charge on any atom is -0.454 e. The molecule has 10 nitrogen and oxygen atoms in total. The fourth-order valence-electron chi connectivity index (χ4n) is 3.30. The van der Waals surface area contributed by atoms with Crippen molar-refractivity contribution in [3.63, 3.8) is 0 Å². The lowest BCUT2D eigenvalue weighted by Gasteiger charge is -2.15. The maximum absolute atomic E-state index is 12.6. The van der Waals surface area contributed by atoms with Crippen molar-refractivity contribution in [2.24, 2.45) is 0 Å². The molecule has 0 N–H and O–H groups in total. The Kier molecular flexibility index (Phi) is 5.87. The van der Waals surface area contributed by atoms with Gasteiger partial charge in [-0.15, -0.1) is 5.10 Å². The monoisotopic (exact) mass is 441 g/mol. The summed E-state index contributed by atoms with van der Waals surface area (Å²) < 4.78 is 33.1. The number of Topliss-reactive ketones (excluding diaryl/α,β-unsaturated/α-hetero) is 1. The quantitative estimate of drug-likeness (QED) is 0.399. The van der Waals surface area contributed by atoms with Crippen LogP contribution < -0.4 is 0 Å². The third-order valence-corrected chi connectivity index (χ3v) is 6.85. The van der Waals surface area contributed by atoms with Gasteiger partial charge in [0.15, 0.2) is 12.4 Å². The van der Waals surface area contributed by atoms with Crippen LogP contribution in [0.4, 0.5) is 0 Å². The van der Waals surface area contributed by atoms with Crippen LogP contribution in [0.1, 0.15) is 33.6 Å². The molecule has 3 aromatic rings. The highest BCUT2D eigenvalue weighted by atomic mass is 32.2. The van der Waals surface area contributed by atoms with E-state index in [1.807, 2.05) is 0 Å². The van der Waals surface area contributed by atoms with Crippen LogP contribution in [0.25, 0.3) is 5.69 Å². The van der Waals surface area contributed by atoms with Crippen molar-refractivity contribution in [2.75, 3.05) is 19.7 Å². The number of benzene rings is 2. The molecule has 0 radical (unpaired) electrons. The van der Waals surface area contributed by atoms with Crippen LogP contribution in [-0.4, -0.2) is 64.4 Å². The Morgan fingerprint density at radius 3 is 2.39 bits per heavy atom. The molecule has 0 unspecified atom stereocenters. The fraction of sp³-hybridized carbons (Fsp3) is 0.250. The van der Waals surface area contributed by atoms with Gasteiger partial charge < -0.3 is 4.74 Å². The summed E-state index contributed by atoms with van der Waals surface area (Å²) in [5.41, 5.74) is 0.873. The van der Waals surface area contributed by atoms with E-state index >= 15 is 0 Å². The molecule has 31 heavy (non-hydrogen) atoms. The second-order valence-electron chi connectivity index (χ2n) is 6.91. The maximum Gasteiger partial charge on any atom is 0.340 e. The molecular formula is C20H19N5O5S. The summed E-state index contributed by atoms with van der Waals surface area (Å²) in [4.78, 5) is 25.1. The normalized spacial score (nSPS) is 14.5. The number of rotatable bonds is 7. The Labute approximate surface area is 178 Å². The van der Waals surface area contributed by atoms with Gasteiger partial charge in [-0.1, -0.05) is 12.1 Å². The molecule has 0 atom stereocenters. The van der Waals surface area contributed by atoms with Crippen LogP contribution in [0.2, 0.25) is 0 Å². The smallest absolute Gasteiger partial charge is 0.340 e. The molecule has 1 fully saturated rings. The van der Waals surface area contributed by atoms with Gasteiger partial charge in [0.05, 0.1) is 16.1 Å². The van der Waals surface area contributed by atoms with Crippen molar-refractivity contribution in [3.05, 3.63) is 66.0 Å². The Hall–Kier alpha value is -3.44. The van der Waals surface area contributed by atoms with Gasteiger partial charge in [0.2, 0.25) is 10.0 Å². The third-order valence-electron chi connectivity index (χ3n) is 4.93. The number of para-hydroxylation sites is 1. The van der Waals surface area contributed by atoms with Crippen molar-refractivity contribution in [1.82, 2.24) is 24.5 Å². The number of hydrogen-bond acceptors (Lipinski definition) is 8. The van der Waals surface area contributed by atoms with Crippen molar-refractivity contribution < 1.29 is 22.7 Å². The molecule has 2 heterocycles. The molecule has 0 bridgehead atoms. The van der Waals surface area contributed by atoms with E-state index in [1.165, 1.54) is 39.6 Å². The molecule has 0 saturated carbocycles. The zero-order valence-corrected chi connectivity index (χ0v) is 17.2. The molecule has 1 saturated heterocycles. The van der Waals surface area contributed by atoms with Gasteiger partial charge in [-0.05, 0) is 59.7 Å². The van der Waals surface area contributed by atoms with Crippen molar-refractivity contribution in [2.45, 2.75) is 17.7 Å². The van der Waals surface area contributed by atoms with E-state index in [0.29, 0.717) is 18.8 Å². The predicted octanol–water partition coefficient (Wildman–Crippen LogP) is 1.49. The van der Waals surface area contributed by atoms with E-state index in [0.717, 1.165) is 12.8 Å². The minimum atomic E-state index is -3.55. The Morgan fingerprint density at radius 2 is 1.71 bits per heavy atom. The third kappa shape index (κ3) is 4.37. The Balaban J connectivity index is 1.42. The average Bonchev–Trinajstić information content (AvgIpc) is 3.52. The summed E-state index contributed by atoms with van der Waals surface area (Å²) in [6, 6.07) is 12.2. The first-order chi connectivity index (χ1) is 15.0. The summed E-state index contributed by atoms with van der Waals surface area (Å²) in [5.74, 6) is -1.15. The van der Waals surface area contributed by atoms with Crippen molar-refractivity contribution in [3.8, 4) is 5.69 Å². The van der Waals surface area contributed by atoms with Crippen molar-refractivity contribution >= 4 is 21.8 Å². The standard InChI is InChI=1S/C20H19N5O5S/c26-19(15-7-9-16(10-8-15)31(28,29)24-11-3-4-12-24)13-30-20(27)17-5-1-2-6-18(17)25-14-21-22-23-25/h1-2,5-10,14H,3-4,11-13H2. The number of hydrogen-bond donors (Lipinski definition) is 0. The molecule has 1 aromatic heterocycles. The average molecular weight is 441 g/mol. The number of sulfonamides is 1. The highest BCUT2D eigenvalue weighted by molar-refractivity contribution is 7.89. The summed E-state index contributed by atoms with van der Waals surface area (Å²) in [5, 5.41) is 10.8. The second kappa shape index (κ2) is 8.74. The molecule has 0 spiro atoms. The predicted molar refractivity (Wildman–Crippen MR) is 108 cm³/mol. The first-order valence-corrected chi connectivity index (χ1v) is 11.0. The van der Waals surface area contributed by atoms with Crippen LogP contribution in [0.5, 0.6) is 0 Å². The maximum atomic E-state index is 12.6. The van der Waals surface area contributed by atoms with E-state index in [1.54, 1.807) is 24.3 Å². The molecular weight excluding hydrogens is 422 g/mol. The summed E-state index contributed by atoms with van der Waals surface area (Å²) in [6.45, 7) is 0.525. The topological polar surface area (TPSA) is 124 Å². The Bertz CT molecular complexity index is 1190. The largest absolute Gasteiger partial charge is 0.454 e. The highest BCUT2D eigenvalue weighted by Crippen LogP contribution is 2.21. The number of carbonyl (C=O) groups excluding carboxylic acids is 2. The number of ether oxygens (including phenoxy) is 1. The lowest BCUT2D eigenvalue weighted by Crippen LogP contribution is -2.27. The van der Waals surface area contributed by atoms with Crippen LogP contribution in [0.15, 0.2) is 59.8 Å². The second-order valence-corrected chi connectivity index (χ2v) is 8.84. The molecule has 160 valence electrons. The van der Waals surface area contributed by atoms with E-state index in [9.17, 15) is 18.0 Å². The first kappa shape index (κ1) is 20.8. The zero-order valence-electron chi connectivity index (χ0n) is 16.4. The van der Waals surface area contributed by atoms with Crippen molar-refractivity contribution in [1.29, 1.82) is 0 Å². The molecule has 0 amide bonds. The minimum absolute atomic E-state index is 0.137. The zero-order chi connectivity index (χ0) is 21.8. The Morgan fingerprint density at radius 1 is 1.00 bits per heavy atom. The number of carbonyl (C=O) groups is 2.